The highest BCUT2D eigenvalue weighted by molar-refractivity contribution is 7.92. The second-order valence-electron chi connectivity index (χ2n) is 9.90. The van der Waals surface area contributed by atoms with Crippen LogP contribution in [0, 0.1) is 5.82 Å². The molecule has 1 aromatic carbocycles. The summed E-state index contributed by atoms with van der Waals surface area (Å²) >= 11 is 0. The van der Waals surface area contributed by atoms with E-state index in [1.165, 1.54) is 32.4 Å². The number of amides is 1. The van der Waals surface area contributed by atoms with E-state index in [1.54, 1.807) is 9.47 Å². The molecule has 2 aromatic heterocycles. The van der Waals surface area contributed by atoms with Crippen LogP contribution in [0.4, 0.5) is 10.2 Å². The number of carbonyl (C=O) groups excluding carboxylic acids is 1. The van der Waals surface area contributed by atoms with Gasteiger partial charge in [0.1, 0.15) is 22.5 Å². The molecule has 210 valence electrons. The van der Waals surface area contributed by atoms with Crippen LogP contribution in [0.15, 0.2) is 23.0 Å². The van der Waals surface area contributed by atoms with Crippen LogP contribution in [0.3, 0.4) is 0 Å². The van der Waals surface area contributed by atoms with Gasteiger partial charge in [-0.3, -0.25) is 13.9 Å². The molecule has 11 nitrogen and oxygen atoms in total. The Hall–Kier alpha value is -3.61. The van der Waals surface area contributed by atoms with E-state index in [9.17, 15) is 22.4 Å². The molecule has 5 rings (SSSR count). The molecule has 2 aliphatic heterocycles. The van der Waals surface area contributed by atoms with Crippen molar-refractivity contribution in [3.05, 3.63) is 45.6 Å². The lowest BCUT2D eigenvalue weighted by Crippen LogP contribution is -2.42. The molecule has 0 aliphatic carbocycles. The largest absolute Gasteiger partial charge is 0.493 e. The predicted octanol–water partition coefficient (Wildman–Crippen LogP) is 2.76. The lowest BCUT2D eigenvalue weighted by Gasteiger charge is -2.33. The van der Waals surface area contributed by atoms with Crippen LogP contribution in [0.5, 0.6) is 11.5 Å². The fourth-order valence-electron chi connectivity index (χ4n) is 5.36. The molecule has 0 spiro atoms. The topological polar surface area (TPSA) is 116 Å². The molecule has 0 N–H and O–H groups in total. The first-order valence-electron chi connectivity index (χ1n) is 13.0. The van der Waals surface area contributed by atoms with Crippen LogP contribution in [0.25, 0.3) is 10.9 Å². The molecule has 39 heavy (non-hydrogen) atoms. The molecule has 0 saturated heterocycles. The molecule has 2 bridgehead atoms. The molecule has 0 fully saturated rings. The molecule has 4 heterocycles. The SMILES string of the molecule is CCN1C[C@H](C)n2c(c(OC)c3c(=O)n4nc(c32)N(C)S(=O)(=O)CCCCCOc2cc(F)ccc2C4)C1=O. The standard InChI is InChI=1S/C26H32FN5O6S/c1-5-30-14-16(2)32-21-20(23(37-4)22(32)26(30)34)25(33)31-15-17-9-10-18(27)13-19(17)38-11-7-6-8-12-39(35,36)29(3)24(21)28-31/h9-10,13,16H,5-8,11-12,14-15H2,1-4H3/t16-/m0/s1. The summed E-state index contributed by atoms with van der Waals surface area (Å²) in [5.74, 6) is -0.558. The Morgan fingerprint density at radius 1 is 1.21 bits per heavy atom. The maximum atomic E-state index is 14.1. The summed E-state index contributed by atoms with van der Waals surface area (Å²) in [6.45, 7) is 4.77. The van der Waals surface area contributed by atoms with Crippen molar-refractivity contribution in [2.45, 2.75) is 45.7 Å². The summed E-state index contributed by atoms with van der Waals surface area (Å²) in [5.41, 5.74) is 0.348. The van der Waals surface area contributed by atoms with E-state index in [0.29, 0.717) is 37.9 Å². The number of methoxy groups -OCH3 is 1. The molecule has 0 unspecified atom stereocenters. The Morgan fingerprint density at radius 2 is 1.97 bits per heavy atom. The molecular formula is C26H32FN5O6S. The first-order chi connectivity index (χ1) is 18.6. The van der Waals surface area contributed by atoms with Crippen molar-refractivity contribution in [1.29, 1.82) is 0 Å². The van der Waals surface area contributed by atoms with E-state index in [1.807, 2.05) is 13.8 Å². The number of anilines is 1. The van der Waals surface area contributed by atoms with Gasteiger partial charge in [-0.25, -0.2) is 17.5 Å². The lowest BCUT2D eigenvalue weighted by atomic mass is 10.2. The number of halogens is 1. The Bertz CT molecular complexity index is 1620. The van der Waals surface area contributed by atoms with Gasteiger partial charge in [0.05, 0.1) is 26.0 Å². The first kappa shape index (κ1) is 27.0. The molecule has 0 saturated carbocycles. The molecule has 3 aromatic rings. The maximum absolute atomic E-state index is 14.1. The van der Waals surface area contributed by atoms with Crippen molar-refractivity contribution in [1.82, 2.24) is 19.2 Å². The third-order valence-electron chi connectivity index (χ3n) is 7.41. The van der Waals surface area contributed by atoms with Crippen molar-refractivity contribution in [3.8, 4) is 11.5 Å². The van der Waals surface area contributed by atoms with E-state index in [2.05, 4.69) is 5.10 Å². The number of rotatable bonds is 2. The fourth-order valence-corrected chi connectivity index (χ4v) is 6.58. The summed E-state index contributed by atoms with van der Waals surface area (Å²) in [6, 6.07) is 3.77. The number of benzene rings is 1. The Morgan fingerprint density at radius 3 is 2.69 bits per heavy atom. The minimum atomic E-state index is -3.83. The number of fused-ring (bicyclic) bond motifs is 7. The summed E-state index contributed by atoms with van der Waals surface area (Å²) in [6.07, 6.45) is 1.55. The van der Waals surface area contributed by atoms with E-state index in [0.717, 1.165) is 8.99 Å². The number of hydrogen-bond acceptors (Lipinski definition) is 7. The predicted molar refractivity (Wildman–Crippen MR) is 144 cm³/mol. The van der Waals surface area contributed by atoms with Crippen molar-refractivity contribution in [3.63, 3.8) is 0 Å². The molecule has 1 amide bonds. The number of ether oxygens (including phenoxy) is 2. The van der Waals surface area contributed by atoms with Gasteiger partial charge >= 0.3 is 0 Å². The summed E-state index contributed by atoms with van der Waals surface area (Å²) in [7, 11) is -1.05. The summed E-state index contributed by atoms with van der Waals surface area (Å²) in [4.78, 5) is 29.1. The number of carbonyl (C=O) groups is 1. The number of nitrogens with zero attached hydrogens (tertiary/aromatic N) is 5. The van der Waals surface area contributed by atoms with Crippen molar-refractivity contribution >= 4 is 32.7 Å². The van der Waals surface area contributed by atoms with Gasteiger partial charge in [-0.05, 0) is 39.2 Å². The second-order valence-corrected chi connectivity index (χ2v) is 12.0. The zero-order valence-electron chi connectivity index (χ0n) is 22.4. The van der Waals surface area contributed by atoms with Crippen LogP contribution in [-0.2, 0) is 16.6 Å². The fraction of sp³-hybridized carbons (Fsp3) is 0.500. The molecular weight excluding hydrogens is 529 g/mol. The molecule has 2 aliphatic rings. The normalized spacial score (nSPS) is 19.7. The first-order valence-corrected chi connectivity index (χ1v) is 14.6. The minimum Gasteiger partial charge on any atom is -0.493 e. The zero-order chi connectivity index (χ0) is 28.1. The highest BCUT2D eigenvalue weighted by atomic mass is 32.2. The average Bonchev–Trinajstić information content (AvgIpc) is 3.26. The third-order valence-corrected chi connectivity index (χ3v) is 9.22. The number of likely N-dealkylation sites (N-methyl/N-ethyl adjacent to an activating group) is 1. The van der Waals surface area contributed by atoms with Crippen molar-refractivity contribution in [2.24, 2.45) is 0 Å². The summed E-state index contributed by atoms with van der Waals surface area (Å²) < 4.78 is 56.4. The minimum absolute atomic E-state index is 0.0142. The van der Waals surface area contributed by atoms with E-state index < -0.39 is 21.4 Å². The number of aromatic nitrogens is 3. The number of sulfonamides is 1. The van der Waals surface area contributed by atoms with Gasteiger partial charge in [0.25, 0.3) is 11.5 Å². The van der Waals surface area contributed by atoms with Crippen molar-refractivity contribution in [2.75, 3.05) is 43.9 Å². The van der Waals surface area contributed by atoms with E-state index in [4.69, 9.17) is 9.47 Å². The Kier molecular flexibility index (Phi) is 7.04. The van der Waals surface area contributed by atoms with Gasteiger partial charge < -0.3 is 18.9 Å². The van der Waals surface area contributed by atoms with Gasteiger partial charge in [0.2, 0.25) is 10.0 Å². The quantitative estimate of drug-likeness (QED) is 0.473. The van der Waals surface area contributed by atoms with Crippen LogP contribution < -0.4 is 19.3 Å². The summed E-state index contributed by atoms with van der Waals surface area (Å²) in [5, 5.41) is 4.60. The van der Waals surface area contributed by atoms with Crippen LogP contribution in [0.2, 0.25) is 0 Å². The third kappa shape index (κ3) is 4.52. The van der Waals surface area contributed by atoms with E-state index >= 15 is 0 Å². The van der Waals surface area contributed by atoms with Gasteiger partial charge in [-0.2, -0.15) is 0 Å². The van der Waals surface area contributed by atoms with Gasteiger partial charge in [-0.1, -0.05) is 6.07 Å². The molecule has 13 heteroatoms. The molecule has 1 atom stereocenters. The number of hydrogen-bond donors (Lipinski definition) is 0. The van der Waals surface area contributed by atoms with E-state index in [-0.39, 0.29) is 64.8 Å². The van der Waals surface area contributed by atoms with Crippen LogP contribution in [0.1, 0.15) is 55.2 Å². The van der Waals surface area contributed by atoms with Crippen LogP contribution in [-0.4, -0.2) is 73.2 Å². The van der Waals surface area contributed by atoms with Gasteiger partial charge in [0, 0.05) is 37.8 Å². The highest BCUT2D eigenvalue weighted by Crippen LogP contribution is 2.41. The molecule has 0 radical (unpaired) electrons. The van der Waals surface area contributed by atoms with Crippen molar-refractivity contribution < 1.29 is 27.1 Å². The smallest absolute Gasteiger partial charge is 0.280 e. The van der Waals surface area contributed by atoms with Gasteiger partial charge in [-0.15, -0.1) is 5.10 Å². The van der Waals surface area contributed by atoms with Gasteiger partial charge in [0.15, 0.2) is 17.3 Å². The lowest BCUT2D eigenvalue weighted by molar-refractivity contribution is 0.0685. The monoisotopic (exact) mass is 561 g/mol. The Labute approximate surface area is 225 Å². The van der Waals surface area contributed by atoms with Crippen LogP contribution >= 0.6 is 0 Å². The zero-order valence-corrected chi connectivity index (χ0v) is 23.3. The highest BCUT2D eigenvalue weighted by Gasteiger charge is 2.39. The Balaban J connectivity index is 1.86. The second kappa shape index (κ2) is 10.2. The average molecular weight is 562 g/mol. The maximum Gasteiger partial charge on any atom is 0.280 e.